The molecule has 2 aromatic heterocycles. The van der Waals surface area contributed by atoms with Crippen molar-refractivity contribution in [2.45, 2.75) is 6.92 Å². The Kier molecular flexibility index (Phi) is 3.62. The molecule has 21 heavy (non-hydrogen) atoms. The summed E-state index contributed by atoms with van der Waals surface area (Å²) in [6.07, 6.45) is 0. The van der Waals surface area contributed by atoms with Crippen LogP contribution >= 0.6 is 0 Å². The second-order valence-electron chi connectivity index (χ2n) is 4.32. The molecule has 2 rings (SSSR count). The lowest BCUT2D eigenvalue weighted by atomic mass is 10.2. The lowest BCUT2D eigenvalue weighted by molar-refractivity contribution is 0.0377. The zero-order valence-electron chi connectivity index (χ0n) is 11.7. The maximum Gasteiger partial charge on any atom is 0.367 e. The zero-order valence-corrected chi connectivity index (χ0v) is 11.7. The highest BCUT2D eigenvalue weighted by molar-refractivity contribution is 5.92. The maximum atomic E-state index is 12.1. The number of hydrogen-bond acceptors (Lipinski definition) is 6. The fourth-order valence-corrected chi connectivity index (χ4v) is 1.78. The number of carbonyl (C=O) groups excluding carboxylic acids is 1. The van der Waals surface area contributed by atoms with Crippen molar-refractivity contribution in [3.8, 4) is 17.5 Å². The molecule has 2 heterocycles. The molecule has 0 spiro atoms. The molecule has 8 heteroatoms. The average molecular weight is 294 g/mol. The molecule has 0 amide bonds. The SMILES string of the molecule is COc1c(C(=O)On2c(O)ccc2O)cc(C)n(C)c1=O. The molecule has 0 fully saturated rings. The van der Waals surface area contributed by atoms with E-state index >= 15 is 0 Å². The third kappa shape index (κ3) is 2.42. The lowest BCUT2D eigenvalue weighted by Gasteiger charge is -2.12. The van der Waals surface area contributed by atoms with Crippen LogP contribution in [0.5, 0.6) is 17.5 Å². The van der Waals surface area contributed by atoms with Gasteiger partial charge in [0.05, 0.1) is 7.11 Å². The van der Waals surface area contributed by atoms with Gasteiger partial charge in [0.25, 0.3) is 5.56 Å². The fourth-order valence-electron chi connectivity index (χ4n) is 1.78. The molecule has 0 aromatic carbocycles. The van der Waals surface area contributed by atoms with Crippen LogP contribution in [0.1, 0.15) is 16.1 Å². The number of pyridine rings is 1. The van der Waals surface area contributed by atoms with Crippen LogP contribution < -0.4 is 15.1 Å². The predicted octanol–water partition coefficient (Wildman–Crippen LogP) is 0.184. The van der Waals surface area contributed by atoms with Gasteiger partial charge in [-0.15, -0.1) is 4.73 Å². The van der Waals surface area contributed by atoms with Gasteiger partial charge in [0.1, 0.15) is 5.56 Å². The topological polar surface area (TPSA) is 103 Å². The minimum Gasteiger partial charge on any atom is -0.492 e. The fraction of sp³-hybridized carbons (Fsp3) is 0.231. The first kappa shape index (κ1) is 14.5. The maximum absolute atomic E-state index is 12.1. The van der Waals surface area contributed by atoms with Crippen LogP contribution in [0, 0.1) is 6.92 Å². The molecule has 0 saturated heterocycles. The molecule has 0 unspecified atom stereocenters. The monoisotopic (exact) mass is 294 g/mol. The van der Waals surface area contributed by atoms with E-state index in [1.807, 2.05) is 0 Å². The molecule has 2 aromatic rings. The first-order valence-electron chi connectivity index (χ1n) is 5.93. The molecule has 0 saturated carbocycles. The standard InChI is InChI=1S/C13H14N2O6/c1-7-6-8(11(20-3)12(18)14(7)2)13(19)21-15-9(16)4-5-10(15)17/h4-6,16-17H,1-3H3. The predicted molar refractivity (Wildman–Crippen MR) is 71.6 cm³/mol. The Bertz CT molecular complexity index is 739. The van der Waals surface area contributed by atoms with Gasteiger partial charge in [-0.2, -0.15) is 0 Å². The first-order valence-corrected chi connectivity index (χ1v) is 5.93. The zero-order chi connectivity index (χ0) is 15.7. The second kappa shape index (κ2) is 5.23. The summed E-state index contributed by atoms with van der Waals surface area (Å²) in [6.45, 7) is 1.64. The number of methoxy groups -OCH3 is 1. The highest BCUT2D eigenvalue weighted by atomic mass is 16.7. The van der Waals surface area contributed by atoms with Crippen LogP contribution in [0.15, 0.2) is 23.0 Å². The van der Waals surface area contributed by atoms with Crippen molar-refractivity contribution >= 4 is 5.97 Å². The Labute approximate surface area is 119 Å². The van der Waals surface area contributed by atoms with E-state index in [4.69, 9.17) is 9.57 Å². The van der Waals surface area contributed by atoms with Crippen LogP contribution in [0.3, 0.4) is 0 Å². The van der Waals surface area contributed by atoms with Gasteiger partial charge in [-0.05, 0) is 13.0 Å². The van der Waals surface area contributed by atoms with Gasteiger partial charge in [0.2, 0.25) is 11.8 Å². The summed E-state index contributed by atoms with van der Waals surface area (Å²) in [6, 6.07) is 3.71. The number of hydrogen-bond donors (Lipinski definition) is 2. The van der Waals surface area contributed by atoms with E-state index in [0.717, 1.165) is 12.1 Å². The molecule has 0 bridgehead atoms. The van der Waals surface area contributed by atoms with Crippen molar-refractivity contribution in [3.05, 3.63) is 39.8 Å². The minimum absolute atomic E-state index is 0.106. The van der Waals surface area contributed by atoms with Gasteiger partial charge < -0.3 is 24.4 Å². The summed E-state index contributed by atoms with van der Waals surface area (Å²) in [5.41, 5.74) is -0.0790. The number of rotatable bonds is 3. The highest BCUT2D eigenvalue weighted by Gasteiger charge is 2.22. The number of aromatic nitrogens is 2. The molecule has 112 valence electrons. The summed E-state index contributed by atoms with van der Waals surface area (Å²) in [7, 11) is 2.80. The normalized spacial score (nSPS) is 10.4. The largest absolute Gasteiger partial charge is 0.492 e. The number of aromatic hydroxyl groups is 2. The Morgan fingerprint density at radius 1 is 1.24 bits per heavy atom. The Balaban J connectivity index is 2.47. The molecular formula is C13H14N2O6. The van der Waals surface area contributed by atoms with E-state index in [1.54, 1.807) is 14.0 Å². The van der Waals surface area contributed by atoms with E-state index in [-0.39, 0.29) is 11.3 Å². The summed E-state index contributed by atoms with van der Waals surface area (Å²) < 4.78 is 6.80. The molecule has 0 aliphatic rings. The van der Waals surface area contributed by atoms with Crippen molar-refractivity contribution in [1.82, 2.24) is 9.30 Å². The van der Waals surface area contributed by atoms with Crippen LogP contribution in [0.4, 0.5) is 0 Å². The lowest BCUT2D eigenvalue weighted by Crippen LogP contribution is -2.27. The van der Waals surface area contributed by atoms with Crippen molar-refractivity contribution in [1.29, 1.82) is 0 Å². The molecule has 0 aliphatic heterocycles. The van der Waals surface area contributed by atoms with Gasteiger partial charge in [-0.25, -0.2) is 4.79 Å². The number of carbonyl (C=O) groups is 1. The molecule has 0 radical (unpaired) electrons. The van der Waals surface area contributed by atoms with Gasteiger partial charge in [0.15, 0.2) is 5.75 Å². The van der Waals surface area contributed by atoms with Crippen LogP contribution in [-0.2, 0) is 7.05 Å². The third-order valence-electron chi connectivity index (χ3n) is 3.02. The third-order valence-corrected chi connectivity index (χ3v) is 3.02. The summed E-state index contributed by atoms with van der Waals surface area (Å²) in [4.78, 5) is 29.0. The van der Waals surface area contributed by atoms with Crippen LogP contribution in [-0.4, -0.2) is 32.6 Å². The van der Waals surface area contributed by atoms with Gasteiger partial charge in [0, 0.05) is 24.9 Å². The summed E-state index contributed by atoms with van der Waals surface area (Å²) in [5, 5.41) is 18.9. The van der Waals surface area contributed by atoms with E-state index in [1.165, 1.54) is 17.7 Å². The number of aryl methyl sites for hydroxylation is 1. The Morgan fingerprint density at radius 2 is 1.81 bits per heavy atom. The Hall–Kier alpha value is -2.90. The van der Waals surface area contributed by atoms with Crippen molar-refractivity contribution in [2.24, 2.45) is 7.05 Å². The number of nitrogens with zero attached hydrogens (tertiary/aromatic N) is 2. The van der Waals surface area contributed by atoms with Gasteiger partial charge in [-0.3, -0.25) is 4.79 Å². The van der Waals surface area contributed by atoms with E-state index < -0.39 is 23.3 Å². The van der Waals surface area contributed by atoms with E-state index in [0.29, 0.717) is 10.4 Å². The Morgan fingerprint density at radius 3 is 2.33 bits per heavy atom. The first-order chi connectivity index (χ1) is 9.86. The molecule has 2 N–H and O–H groups in total. The van der Waals surface area contributed by atoms with E-state index in [2.05, 4.69) is 0 Å². The minimum atomic E-state index is -0.950. The smallest absolute Gasteiger partial charge is 0.367 e. The summed E-state index contributed by atoms with van der Waals surface area (Å²) >= 11 is 0. The molecular weight excluding hydrogens is 280 g/mol. The van der Waals surface area contributed by atoms with E-state index in [9.17, 15) is 19.8 Å². The van der Waals surface area contributed by atoms with Crippen molar-refractivity contribution in [3.63, 3.8) is 0 Å². The van der Waals surface area contributed by atoms with Gasteiger partial charge >= 0.3 is 5.97 Å². The molecule has 8 nitrogen and oxygen atoms in total. The van der Waals surface area contributed by atoms with Crippen molar-refractivity contribution < 1.29 is 24.6 Å². The quantitative estimate of drug-likeness (QED) is 0.837. The van der Waals surface area contributed by atoms with Crippen molar-refractivity contribution in [2.75, 3.05) is 7.11 Å². The molecule has 0 atom stereocenters. The number of ether oxygens (including phenoxy) is 1. The average Bonchev–Trinajstić information content (AvgIpc) is 2.76. The van der Waals surface area contributed by atoms with Crippen LogP contribution in [0.25, 0.3) is 0 Å². The molecule has 0 aliphatic carbocycles. The second-order valence-corrected chi connectivity index (χ2v) is 4.32. The summed E-state index contributed by atoms with van der Waals surface area (Å²) in [5.74, 6) is -2.05. The highest BCUT2D eigenvalue weighted by Crippen LogP contribution is 2.21. The van der Waals surface area contributed by atoms with Crippen LogP contribution in [0.2, 0.25) is 0 Å². The van der Waals surface area contributed by atoms with Gasteiger partial charge in [-0.1, -0.05) is 0 Å².